The summed E-state index contributed by atoms with van der Waals surface area (Å²) in [5.41, 5.74) is 1.48. The summed E-state index contributed by atoms with van der Waals surface area (Å²) >= 11 is 1.49. The lowest BCUT2D eigenvalue weighted by atomic mass is 10.0. The molecule has 0 fully saturated rings. The predicted octanol–water partition coefficient (Wildman–Crippen LogP) is 4.92. The van der Waals surface area contributed by atoms with Gasteiger partial charge in [-0.25, -0.2) is 9.37 Å². The van der Waals surface area contributed by atoms with Gasteiger partial charge in [-0.3, -0.25) is 9.59 Å². The van der Waals surface area contributed by atoms with Gasteiger partial charge in [-0.15, -0.1) is 11.3 Å². The summed E-state index contributed by atoms with van der Waals surface area (Å²) in [6, 6.07) is 9.82. The first-order valence-electron chi connectivity index (χ1n) is 11.0. The Bertz CT molecular complexity index is 1060. The third-order valence-electron chi connectivity index (χ3n) is 5.34. The number of oxazole rings is 1. The molecule has 2 aromatic heterocycles. The lowest BCUT2D eigenvalue weighted by Crippen LogP contribution is -2.30. The molecule has 0 aliphatic carbocycles. The highest BCUT2D eigenvalue weighted by molar-refractivity contribution is 7.14. The van der Waals surface area contributed by atoms with E-state index in [0.29, 0.717) is 24.4 Å². The third kappa shape index (κ3) is 7.61. The number of benzene rings is 1. The quantitative estimate of drug-likeness (QED) is 0.380. The first-order valence-corrected chi connectivity index (χ1v) is 11.9. The molecule has 176 valence electrons. The van der Waals surface area contributed by atoms with Crippen LogP contribution in [0.5, 0.6) is 0 Å². The summed E-state index contributed by atoms with van der Waals surface area (Å²) in [5, 5.41) is 3.03. The van der Waals surface area contributed by atoms with Gasteiger partial charge in [0.15, 0.2) is 5.78 Å². The number of carbonyl (C=O) groups excluding carboxylic acids is 2. The Balaban J connectivity index is 1.54. The number of halogens is 1. The summed E-state index contributed by atoms with van der Waals surface area (Å²) in [6.45, 7) is 2.87. The minimum absolute atomic E-state index is 0.00421. The van der Waals surface area contributed by atoms with Crippen LogP contribution >= 0.6 is 11.3 Å². The molecule has 0 aliphatic rings. The minimum atomic E-state index is -0.310. The van der Waals surface area contributed by atoms with Crippen LogP contribution in [-0.4, -0.2) is 48.8 Å². The lowest BCUT2D eigenvalue weighted by molar-refractivity contribution is -0.121. The number of amides is 1. The number of rotatable bonds is 12. The number of hydrogen-bond donors (Lipinski definition) is 1. The zero-order valence-corrected chi connectivity index (χ0v) is 20.1. The van der Waals surface area contributed by atoms with Gasteiger partial charge in [-0.05, 0) is 83.2 Å². The molecule has 33 heavy (non-hydrogen) atoms. The topological polar surface area (TPSA) is 75.4 Å². The standard InChI is InChI=1S/C25H30FN3O3S/c1-17(30)23-12-11-21(33-23)5-4-6-24(31)27-15-19(13-14-29(2)3)22-16-32-25(28-22)18-7-9-20(26)10-8-18/h7-12,16,19H,4-6,13-15H2,1-3H3,(H,27,31). The van der Waals surface area contributed by atoms with E-state index in [1.165, 1.54) is 23.5 Å². The van der Waals surface area contributed by atoms with E-state index in [9.17, 15) is 14.0 Å². The molecule has 3 aromatic rings. The molecular weight excluding hydrogens is 441 g/mol. The number of Topliss-reactive ketones (excluding diaryl/α,β-unsaturated/α-hetero) is 1. The van der Waals surface area contributed by atoms with Crippen molar-refractivity contribution in [2.24, 2.45) is 0 Å². The monoisotopic (exact) mass is 471 g/mol. The summed E-state index contributed by atoms with van der Waals surface area (Å²) in [4.78, 5) is 32.4. The van der Waals surface area contributed by atoms with E-state index >= 15 is 0 Å². The number of nitrogens with zero attached hydrogens (tertiary/aromatic N) is 2. The number of nitrogens with one attached hydrogen (secondary N) is 1. The summed E-state index contributed by atoms with van der Waals surface area (Å²) in [7, 11) is 4.01. The van der Waals surface area contributed by atoms with E-state index in [1.54, 1.807) is 25.3 Å². The zero-order chi connectivity index (χ0) is 23.8. The molecule has 1 amide bonds. The number of aromatic nitrogens is 1. The molecule has 2 heterocycles. The Morgan fingerprint density at radius 3 is 2.61 bits per heavy atom. The predicted molar refractivity (Wildman–Crippen MR) is 128 cm³/mol. The number of carbonyl (C=O) groups is 2. The van der Waals surface area contributed by atoms with Crippen LogP contribution in [-0.2, 0) is 11.2 Å². The maximum atomic E-state index is 13.2. The first kappa shape index (κ1) is 24.8. The van der Waals surface area contributed by atoms with E-state index in [-0.39, 0.29) is 23.4 Å². The van der Waals surface area contributed by atoms with Crippen LogP contribution in [0.4, 0.5) is 4.39 Å². The fourth-order valence-corrected chi connectivity index (χ4v) is 4.36. The minimum Gasteiger partial charge on any atom is -0.444 e. The van der Waals surface area contributed by atoms with E-state index < -0.39 is 0 Å². The second kappa shape index (κ2) is 11.9. The smallest absolute Gasteiger partial charge is 0.226 e. The molecular formula is C25H30FN3O3S. The number of ketones is 1. The Hall–Kier alpha value is -2.84. The highest BCUT2D eigenvalue weighted by atomic mass is 32.1. The second-order valence-electron chi connectivity index (χ2n) is 8.35. The van der Waals surface area contributed by atoms with Crippen LogP contribution in [0, 0.1) is 5.82 Å². The normalized spacial score (nSPS) is 12.2. The van der Waals surface area contributed by atoms with Crippen LogP contribution in [0.15, 0.2) is 47.1 Å². The summed E-state index contributed by atoms with van der Waals surface area (Å²) in [6.07, 6.45) is 4.36. The van der Waals surface area contributed by atoms with Gasteiger partial charge in [-0.1, -0.05) is 0 Å². The van der Waals surface area contributed by atoms with Crippen molar-refractivity contribution in [2.45, 2.75) is 38.5 Å². The van der Waals surface area contributed by atoms with Crippen molar-refractivity contribution in [2.75, 3.05) is 27.2 Å². The number of hydrogen-bond acceptors (Lipinski definition) is 6. The molecule has 6 nitrogen and oxygen atoms in total. The van der Waals surface area contributed by atoms with Crippen molar-refractivity contribution >= 4 is 23.0 Å². The molecule has 1 aromatic carbocycles. The Labute approximate surface area is 197 Å². The maximum Gasteiger partial charge on any atom is 0.226 e. The Kier molecular flexibility index (Phi) is 8.91. The molecule has 0 aliphatic heterocycles. The maximum absolute atomic E-state index is 13.2. The molecule has 1 atom stereocenters. The van der Waals surface area contributed by atoms with Crippen LogP contribution in [0.2, 0.25) is 0 Å². The molecule has 0 saturated carbocycles. The molecule has 3 rings (SSSR count). The van der Waals surface area contributed by atoms with E-state index in [4.69, 9.17) is 4.42 Å². The van der Waals surface area contributed by atoms with Crippen LogP contribution in [0.1, 0.15) is 52.3 Å². The van der Waals surface area contributed by atoms with E-state index in [1.807, 2.05) is 26.2 Å². The molecule has 0 bridgehead atoms. The van der Waals surface area contributed by atoms with Gasteiger partial charge in [0.25, 0.3) is 0 Å². The third-order valence-corrected chi connectivity index (χ3v) is 6.58. The summed E-state index contributed by atoms with van der Waals surface area (Å²) < 4.78 is 18.8. The highest BCUT2D eigenvalue weighted by Crippen LogP contribution is 2.25. The Morgan fingerprint density at radius 2 is 1.94 bits per heavy atom. The Morgan fingerprint density at radius 1 is 1.18 bits per heavy atom. The molecule has 8 heteroatoms. The van der Waals surface area contributed by atoms with Crippen molar-refractivity contribution in [3.05, 3.63) is 63.9 Å². The highest BCUT2D eigenvalue weighted by Gasteiger charge is 2.19. The van der Waals surface area contributed by atoms with Crippen molar-refractivity contribution in [3.63, 3.8) is 0 Å². The van der Waals surface area contributed by atoms with Crippen molar-refractivity contribution in [1.29, 1.82) is 0 Å². The van der Waals surface area contributed by atoms with Crippen molar-refractivity contribution in [3.8, 4) is 11.5 Å². The van der Waals surface area contributed by atoms with Gasteiger partial charge in [0.2, 0.25) is 11.8 Å². The van der Waals surface area contributed by atoms with Crippen molar-refractivity contribution in [1.82, 2.24) is 15.2 Å². The fraction of sp³-hybridized carbons (Fsp3) is 0.400. The van der Waals surface area contributed by atoms with Crippen LogP contribution in [0.25, 0.3) is 11.5 Å². The second-order valence-corrected chi connectivity index (χ2v) is 9.52. The van der Waals surface area contributed by atoms with Crippen LogP contribution < -0.4 is 5.32 Å². The molecule has 1 N–H and O–H groups in total. The molecule has 0 radical (unpaired) electrons. The summed E-state index contributed by atoms with van der Waals surface area (Å²) in [5.74, 6) is 0.200. The van der Waals surface area contributed by atoms with Gasteiger partial charge in [0.1, 0.15) is 12.1 Å². The lowest BCUT2D eigenvalue weighted by Gasteiger charge is -2.18. The van der Waals surface area contributed by atoms with E-state index in [2.05, 4.69) is 15.2 Å². The SMILES string of the molecule is CC(=O)c1ccc(CCCC(=O)NCC(CCN(C)C)c2coc(-c3ccc(F)cc3)n2)s1. The largest absolute Gasteiger partial charge is 0.444 e. The number of thiophene rings is 1. The van der Waals surface area contributed by atoms with Gasteiger partial charge < -0.3 is 14.6 Å². The van der Waals surface area contributed by atoms with Gasteiger partial charge in [0, 0.05) is 29.3 Å². The average molecular weight is 472 g/mol. The van der Waals surface area contributed by atoms with E-state index in [0.717, 1.165) is 41.3 Å². The number of aryl methyl sites for hydroxylation is 1. The molecule has 0 saturated heterocycles. The van der Waals surface area contributed by atoms with Crippen LogP contribution in [0.3, 0.4) is 0 Å². The van der Waals surface area contributed by atoms with Gasteiger partial charge in [-0.2, -0.15) is 0 Å². The molecule has 0 spiro atoms. The van der Waals surface area contributed by atoms with Gasteiger partial charge in [0.05, 0.1) is 10.6 Å². The zero-order valence-electron chi connectivity index (χ0n) is 19.3. The first-order chi connectivity index (χ1) is 15.8. The fourth-order valence-electron chi connectivity index (χ4n) is 3.42. The molecule has 1 unspecified atom stereocenters. The van der Waals surface area contributed by atoms with Crippen molar-refractivity contribution < 1.29 is 18.4 Å². The average Bonchev–Trinajstić information content (AvgIpc) is 3.44. The van der Waals surface area contributed by atoms with Gasteiger partial charge >= 0.3 is 0 Å².